The number of aromatic nitrogens is 3. The normalized spacial score (nSPS) is 35.2. The molecule has 0 aliphatic carbocycles. The van der Waals surface area contributed by atoms with Crippen LogP contribution < -0.4 is 5.73 Å². The van der Waals surface area contributed by atoms with Crippen molar-refractivity contribution in [1.82, 2.24) is 15.0 Å². The number of ether oxygens (including phenoxy) is 2. The highest BCUT2D eigenvalue weighted by atomic mass is 16.7. The van der Waals surface area contributed by atoms with Gasteiger partial charge < -0.3 is 25.4 Å². The minimum Gasteiger partial charge on any atom is -0.388 e. The highest BCUT2D eigenvalue weighted by Gasteiger charge is 2.43. The summed E-state index contributed by atoms with van der Waals surface area (Å²) in [6, 6.07) is -0.818. The Labute approximate surface area is 110 Å². The smallest absolute Gasteiger partial charge is 0.176 e. The molecule has 5 atom stereocenters. The molecule has 0 saturated carbocycles. The molecule has 8 heteroatoms. The minimum absolute atomic E-state index is 0.247. The predicted molar refractivity (Wildman–Crippen MR) is 64.8 cm³/mol. The van der Waals surface area contributed by atoms with Gasteiger partial charge in [0.05, 0.1) is 25.4 Å². The Hall–Kier alpha value is -1.32. The molecule has 2 heterocycles. The zero-order chi connectivity index (χ0) is 13.8. The molecule has 1 aliphatic rings. The third kappa shape index (κ3) is 3.17. The Morgan fingerprint density at radius 2 is 2.26 bits per heavy atom. The molecule has 1 aromatic rings. The van der Waals surface area contributed by atoms with Gasteiger partial charge in [0.15, 0.2) is 6.29 Å². The molecule has 1 fully saturated rings. The summed E-state index contributed by atoms with van der Waals surface area (Å²) in [4.78, 5) is 0. The molecule has 1 aromatic heterocycles. The average Bonchev–Trinajstić information content (AvgIpc) is 2.91. The topological polar surface area (TPSA) is 116 Å². The van der Waals surface area contributed by atoms with Crippen LogP contribution in [0.1, 0.15) is 0 Å². The summed E-state index contributed by atoms with van der Waals surface area (Å²) in [6.45, 7) is 4.02. The Bertz CT molecular complexity index is 399. The SMILES string of the molecule is C=CCOC1OC(Cn2ccnn2)C(O)C(O)C1N. The van der Waals surface area contributed by atoms with Gasteiger partial charge in [0.2, 0.25) is 0 Å². The van der Waals surface area contributed by atoms with E-state index < -0.39 is 30.6 Å². The summed E-state index contributed by atoms with van der Waals surface area (Å²) in [6.07, 6.45) is 0.996. The molecule has 0 bridgehead atoms. The first-order chi connectivity index (χ1) is 9.13. The molecule has 0 aromatic carbocycles. The van der Waals surface area contributed by atoms with Gasteiger partial charge in [-0.25, -0.2) is 4.68 Å². The molecule has 0 radical (unpaired) electrons. The summed E-state index contributed by atoms with van der Waals surface area (Å²) in [5.74, 6) is 0. The van der Waals surface area contributed by atoms with E-state index in [-0.39, 0.29) is 13.2 Å². The van der Waals surface area contributed by atoms with E-state index in [9.17, 15) is 10.2 Å². The second-order valence-electron chi connectivity index (χ2n) is 4.35. The van der Waals surface area contributed by atoms with Crippen molar-refractivity contribution >= 4 is 0 Å². The molecule has 1 saturated heterocycles. The molecular weight excluding hydrogens is 252 g/mol. The number of hydrogen-bond acceptors (Lipinski definition) is 7. The lowest BCUT2D eigenvalue weighted by Gasteiger charge is -2.40. The predicted octanol–water partition coefficient (Wildman–Crippen LogP) is -1.75. The lowest BCUT2D eigenvalue weighted by molar-refractivity contribution is -0.259. The van der Waals surface area contributed by atoms with E-state index >= 15 is 0 Å². The van der Waals surface area contributed by atoms with E-state index in [0.29, 0.717) is 0 Å². The van der Waals surface area contributed by atoms with Gasteiger partial charge in [-0.1, -0.05) is 11.3 Å². The van der Waals surface area contributed by atoms with Crippen LogP contribution in [0.25, 0.3) is 0 Å². The van der Waals surface area contributed by atoms with Crippen molar-refractivity contribution in [3.05, 3.63) is 25.0 Å². The molecule has 4 N–H and O–H groups in total. The fraction of sp³-hybridized carbons (Fsp3) is 0.636. The van der Waals surface area contributed by atoms with Gasteiger partial charge in [-0.2, -0.15) is 0 Å². The van der Waals surface area contributed by atoms with Crippen LogP contribution in [0.5, 0.6) is 0 Å². The van der Waals surface area contributed by atoms with Gasteiger partial charge in [-0.05, 0) is 0 Å². The maximum atomic E-state index is 9.96. The maximum Gasteiger partial charge on any atom is 0.176 e. The molecule has 19 heavy (non-hydrogen) atoms. The lowest BCUT2D eigenvalue weighted by Crippen LogP contribution is -2.62. The third-order valence-corrected chi connectivity index (χ3v) is 2.97. The average molecular weight is 270 g/mol. The van der Waals surface area contributed by atoms with Crippen LogP contribution in [0.2, 0.25) is 0 Å². The van der Waals surface area contributed by atoms with E-state index in [1.54, 1.807) is 12.3 Å². The summed E-state index contributed by atoms with van der Waals surface area (Å²) < 4.78 is 12.4. The first kappa shape index (κ1) is 14.1. The summed E-state index contributed by atoms with van der Waals surface area (Å²) in [5, 5.41) is 27.3. The van der Waals surface area contributed by atoms with Crippen LogP contribution in [0.15, 0.2) is 25.0 Å². The second-order valence-corrected chi connectivity index (χ2v) is 4.35. The van der Waals surface area contributed by atoms with Crippen molar-refractivity contribution in [2.75, 3.05) is 6.61 Å². The highest BCUT2D eigenvalue weighted by molar-refractivity contribution is 4.92. The highest BCUT2D eigenvalue weighted by Crippen LogP contribution is 2.21. The van der Waals surface area contributed by atoms with Crippen molar-refractivity contribution in [3.8, 4) is 0 Å². The van der Waals surface area contributed by atoms with Crippen LogP contribution >= 0.6 is 0 Å². The summed E-state index contributed by atoms with van der Waals surface area (Å²) >= 11 is 0. The van der Waals surface area contributed by atoms with Crippen LogP contribution in [0.4, 0.5) is 0 Å². The quantitative estimate of drug-likeness (QED) is 0.544. The zero-order valence-corrected chi connectivity index (χ0v) is 10.4. The van der Waals surface area contributed by atoms with E-state index in [1.165, 1.54) is 10.9 Å². The van der Waals surface area contributed by atoms with Crippen molar-refractivity contribution in [3.63, 3.8) is 0 Å². The number of nitrogens with zero attached hydrogens (tertiary/aromatic N) is 3. The van der Waals surface area contributed by atoms with Crippen molar-refractivity contribution in [2.45, 2.75) is 37.2 Å². The summed E-state index contributed by atoms with van der Waals surface area (Å²) in [5.41, 5.74) is 5.76. The molecule has 106 valence electrons. The van der Waals surface area contributed by atoms with Crippen molar-refractivity contribution in [1.29, 1.82) is 0 Å². The van der Waals surface area contributed by atoms with E-state index in [0.717, 1.165) is 0 Å². The van der Waals surface area contributed by atoms with E-state index in [4.69, 9.17) is 15.2 Å². The number of hydrogen-bond donors (Lipinski definition) is 3. The fourth-order valence-corrected chi connectivity index (χ4v) is 1.93. The minimum atomic E-state index is -1.13. The van der Waals surface area contributed by atoms with Crippen molar-refractivity contribution < 1.29 is 19.7 Å². The van der Waals surface area contributed by atoms with Crippen LogP contribution in [-0.2, 0) is 16.0 Å². The van der Waals surface area contributed by atoms with Gasteiger partial charge in [0.25, 0.3) is 0 Å². The Morgan fingerprint density at radius 3 is 2.89 bits per heavy atom. The summed E-state index contributed by atoms with van der Waals surface area (Å²) in [7, 11) is 0. The second kappa shape index (κ2) is 6.22. The maximum absolute atomic E-state index is 9.96. The first-order valence-corrected chi connectivity index (χ1v) is 5.97. The van der Waals surface area contributed by atoms with Crippen molar-refractivity contribution in [2.24, 2.45) is 5.73 Å². The van der Waals surface area contributed by atoms with Gasteiger partial charge in [-0.15, -0.1) is 11.7 Å². The number of aliphatic hydroxyl groups is 2. The zero-order valence-electron chi connectivity index (χ0n) is 10.4. The van der Waals surface area contributed by atoms with Gasteiger partial charge in [0, 0.05) is 6.20 Å². The van der Waals surface area contributed by atoms with E-state index in [2.05, 4.69) is 16.9 Å². The van der Waals surface area contributed by atoms with Gasteiger partial charge >= 0.3 is 0 Å². The van der Waals surface area contributed by atoms with Crippen LogP contribution in [0.3, 0.4) is 0 Å². The molecule has 1 aliphatic heterocycles. The Kier molecular flexibility index (Phi) is 4.61. The standard InChI is InChI=1S/C11H18N4O4/c1-2-5-18-11-8(12)10(17)9(16)7(19-11)6-15-4-3-13-14-15/h2-4,7-11,16-17H,1,5-6,12H2. The molecule has 8 nitrogen and oxygen atoms in total. The largest absolute Gasteiger partial charge is 0.388 e. The van der Waals surface area contributed by atoms with Crippen LogP contribution in [-0.4, -0.2) is 62.5 Å². The van der Waals surface area contributed by atoms with E-state index in [1.807, 2.05) is 0 Å². The Morgan fingerprint density at radius 1 is 1.47 bits per heavy atom. The molecule has 0 spiro atoms. The fourth-order valence-electron chi connectivity index (χ4n) is 1.93. The number of nitrogens with two attached hydrogens (primary N) is 1. The monoisotopic (exact) mass is 270 g/mol. The Balaban J connectivity index is 2.03. The van der Waals surface area contributed by atoms with Gasteiger partial charge in [-0.3, -0.25) is 0 Å². The van der Waals surface area contributed by atoms with Gasteiger partial charge in [0.1, 0.15) is 18.3 Å². The molecule has 5 unspecified atom stereocenters. The third-order valence-electron chi connectivity index (χ3n) is 2.97. The molecule has 0 amide bonds. The van der Waals surface area contributed by atoms with Crippen LogP contribution in [0, 0.1) is 0 Å². The number of rotatable bonds is 5. The molecule has 2 rings (SSSR count). The first-order valence-electron chi connectivity index (χ1n) is 5.97. The molecular formula is C11H18N4O4. The number of aliphatic hydroxyl groups excluding tert-OH is 2. The lowest BCUT2D eigenvalue weighted by atomic mass is 9.97.